The van der Waals surface area contributed by atoms with Gasteiger partial charge >= 0.3 is 0 Å². The molecule has 4 heteroatoms. The average Bonchev–Trinajstić information content (AvgIpc) is 2.03. The normalized spacial score (nSPS) is 13.9. The monoisotopic (exact) mass is 200 g/mol. The van der Waals surface area contributed by atoms with Crippen LogP contribution >= 0.6 is 0 Å². The maximum atomic E-state index is 11.4. The lowest BCUT2D eigenvalue weighted by molar-refractivity contribution is -1.02. The van der Waals surface area contributed by atoms with E-state index in [1.807, 2.05) is 40.1 Å². The van der Waals surface area contributed by atoms with Gasteiger partial charge in [0.1, 0.15) is 0 Å². The van der Waals surface area contributed by atoms with E-state index in [-0.39, 0.29) is 12.1 Å². The second kappa shape index (κ2) is 4.57. The van der Waals surface area contributed by atoms with Crippen molar-refractivity contribution in [2.24, 2.45) is 0 Å². The van der Waals surface area contributed by atoms with E-state index in [1.54, 1.807) is 6.92 Å². The Morgan fingerprint density at radius 1 is 1.43 bits per heavy atom. The molecule has 0 aliphatic rings. The van der Waals surface area contributed by atoms with Crippen molar-refractivity contribution in [3.8, 4) is 0 Å². The summed E-state index contributed by atoms with van der Waals surface area (Å²) in [4.78, 5) is 11.4. The standard InChI is InChI=1S/C10H21N3O/c1-8(2)10(14)11-9(3)13(6,7)12(4)5/h9H,1H2,2-7H3/p+1. The van der Waals surface area contributed by atoms with Crippen LogP contribution in [0.3, 0.4) is 0 Å². The molecule has 0 bridgehead atoms. The van der Waals surface area contributed by atoms with Gasteiger partial charge in [0.2, 0.25) is 0 Å². The van der Waals surface area contributed by atoms with Crippen molar-refractivity contribution in [2.45, 2.75) is 20.0 Å². The van der Waals surface area contributed by atoms with Crippen molar-refractivity contribution < 1.29 is 9.39 Å². The van der Waals surface area contributed by atoms with Crippen LogP contribution in [0, 0.1) is 0 Å². The second-order valence-electron chi connectivity index (χ2n) is 4.26. The second-order valence-corrected chi connectivity index (χ2v) is 4.26. The van der Waals surface area contributed by atoms with Crippen molar-refractivity contribution in [2.75, 3.05) is 28.2 Å². The molecule has 0 radical (unpaired) electrons. The van der Waals surface area contributed by atoms with Gasteiger partial charge < -0.3 is 5.32 Å². The summed E-state index contributed by atoms with van der Waals surface area (Å²) in [7, 11) is 8.01. The summed E-state index contributed by atoms with van der Waals surface area (Å²) in [5.41, 5.74) is 0.538. The first-order chi connectivity index (χ1) is 6.19. The largest absolute Gasteiger partial charge is 0.302 e. The lowest BCUT2D eigenvalue weighted by Crippen LogP contribution is -2.62. The first-order valence-electron chi connectivity index (χ1n) is 4.67. The molecule has 0 saturated heterocycles. The van der Waals surface area contributed by atoms with E-state index in [0.29, 0.717) is 10.2 Å². The van der Waals surface area contributed by atoms with Gasteiger partial charge in [-0.05, 0) is 6.92 Å². The molecule has 0 rings (SSSR count). The molecule has 0 saturated carbocycles. The van der Waals surface area contributed by atoms with Gasteiger partial charge in [0, 0.05) is 26.6 Å². The highest BCUT2D eigenvalue weighted by molar-refractivity contribution is 5.92. The summed E-state index contributed by atoms with van der Waals surface area (Å²) >= 11 is 0. The predicted octanol–water partition coefficient (Wildman–Crippen LogP) is 0.578. The summed E-state index contributed by atoms with van der Waals surface area (Å²) in [5.74, 6) is -0.0921. The van der Waals surface area contributed by atoms with Crippen LogP contribution in [0.1, 0.15) is 13.8 Å². The number of hydrogen-bond donors (Lipinski definition) is 1. The molecule has 0 spiro atoms. The third-order valence-electron chi connectivity index (χ3n) is 2.71. The fourth-order valence-electron chi connectivity index (χ4n) is 0.817. The zero-order valence-corrected chi connectivity index (χ0v) is 10.1. The van der Waals surface area contributed by atoms with Crippen LogP contribution in [0.5, 0.6) is 0 Å². The molecule has 14 heavy (non-hydrogen) atoms. The molecular formula is C10H22N3O+. The Kier molecular flexibility index (Phi) is 4.29. The maximum Gasteiger partial charge on any atom is 0.250 e. The third-order valence-corrected chi connectivity index (χ3v) is 2.71. The Morgan fingerprint density at radius 3 is 2.14 bits per heavy atom. The van der Waals surface area contributed by atoms with E-state index >= 15 is 0 Å². The van der Waals surface area contributed by atoms with Crippen LogP contribution in [0.4, 0.5) is 0 Å². The summed E-state index contributed by atoms with van der Waals surface area (Å²) in [6, 6.07) is 0. The van der Waals surface area contributed by atoms with Crippen molar-refractivity contribution in [1.29, 1.82) is 0 Å². The summed E-state index contributed by atoms with van der Waals surface area (Å²) in [5, 5.41) is 4.92. The van der Waals surface area contributed by atoms with Gasteiger partial charge in [-0.25, -0.2) is 4.59 Å². The zero-order chi connectivity index (χ0) is 11.5. The van der Waals surface area contributed by atoms with Gasteiger partial charge in [0.05, 0.1) is 14.1 Å². The predicted molar refractivity (Wildman–Crippen MR) is 58.2 cm³/mol. The Labute approximate surface area is 86.7 Å². The van der Waals surface area contributed by atoms with Crippen LogP contribution < -0.4 is 5.32 Å². The summed E-state index contributed by atoms with van der Waals surface area (Å²) in [6.45, 7) is 7.28. The SMILES string of the molecule is C=C(C)C(=O)NC(C)[N+](C)(C)N(C)C. The zero-order valence-electron chi connectivity index (χ0n) is 10.1. The van der Waals surface area contributed by atoms with Gasteiger partial charge in [-0.1, -0.05) is 6.58 Å². The molecule has 0 aromatic heterocycles. The topological polar surface area (TPSA) is 32.3 Å². The van der Waals surface area contributed by atoms with E-state index < -0.39 is 0 Å². The number of nitrogens with zero attached hydrogens (tertiary/aromatic N) is 2. The van der Waals surface area contributed by atoms with Crippen LogP contribution in [-0.2, 0) is 4.79 Å². The van der Waals surface area contributed by atoms with E-state index in [2.05, 4.69) is 11.9 Å². The quantitative estimate of drug-likeness (QED) is 0.311. The molecule has 0 aliphatic carbocycles. The van der Waals surface area contributed by atoms with E-state index in [4.69, 9.17) is 0 Å². The molecule has 82 valence electrons. The smallest absolute Gasteiger partial charge is 0.250 e. The first kappa shape index (κ1) is 13.1. The van der Waals surface area contributed by atoms with E-state index in [1.165, 1.54) is 0 Å². The van der Waals surface area contributed by atoms with Crippen LogP contribution in [-0.4, -0.2) is 49.9 Å². The maximum absolute atomic E-state index is 11.4. The van der Waals surface area contributed by atoms with Crippen LogP contribution in [0.15, 0.2) is 12.2 Å². The van der Waals surface area contributed by atoms with E-state index in [9.17, 15) is 4.79 Å². The summed E-state index contributed by atoms with van der Waals surface area (Å²) in [6.07, 6.45) is 0.0224. The van der Waals surface area contributed by atoms with Crippen LogP contribution in [0.2, 0.25) is 0 Å². The third kappa shape index (κ3) is 3.12. The van der Waals surface area contributed by atoms with E-state index in [0.717, 1.165) is 0 Å². The molecule has 0 heterocycles. The van der Waals surface area contributed by atoms with Gasteiger partial charge in [-0.15, -0.1) is 0 Å². The molecule has 1 N–H and O–H groups in total. The minimum absolute atomic E-state index is 0.0224. The summed E-state index contributed by atoms with van der Waals surface area (Å²) < 4.78 is 0.596. The van der Waals surface area contributed by atoms with Crippen molar-refractivity contribution >= 4 is 5.91 Å². The van der Waals surface area contributed by atoms with Crippen molar-refractivity contribution in [1.82, 2.24) is 10.3 Å². The number of quaternary nitrogens is 1. The first-order valence-corrected chi connectivity index (χ1v) is 4.67. The van der Waals surface area contributed by atoms with Crippen LogP contribution in [0.25, 0.3) is 0 Å². The molecule has 1 atom stereocenters. The van der Waals surface area contributed by atoms with Gasteiger partial charge in [0.15, 0.2) is 6.17 Å². The number of amides is 1. The highest BCUT2D eigenvalue weighted by Crippen LogP contribution is 2.06. The Bertz CT molecular complexity index is 234. The number of rotatable bonds is 4. The highest BCUT2D eigenvalue weighted by Gasteiger charge is 2.28. The number of hydrogen-bond acceptors (Lipinski definition) is 2. The molecular weight excluding hydrogens is 178 g/mol. The molecule has 1 unspecified atom stereocenters. The van der Waals surface area contributed by atoms with Gasteiger partial charge in [0.25, 0.3) is 5.91 Å². The fraction of sp³-hybridized carbons (Fsp3) is 0.700. The number of carbonyl (C=O) groups excluding carboxylic acids is 1. The van der Waals surface area contributed by atoms with Crippen molar-refractivity contribution in [3.63, 3.8) is 0 Å². The molecule has 0 aromatic carbocycles. The highest BCUT2D eigenvalue weighted by atomic mass is 16.2. The molecule has 1 amide bonds. The average molecular weight is 200 g/mol. The lowest BCUT2D eigenvalue weighted by atomic mass is 10.3. The fourth-order valence-corrected chi connectivity index (χ4v) is 0.817. The van der Waals surface area contributed by atoms with Gasteiger partial charge in [-0.2, -0.15) is 5.01 Å². The minimum atomic E-state index is -0.0921. The van der Waals surface area contributed by atoms with Gasteiger partial charge in [-0.3, -0.25) is 4.79 Å². The molecule has 0 fully saturated rings. The Balaban J connectivity index is 4.41. The molecule has 4 nitrogen and oxygen atoms in total. The lowest BCUT2D eigenvalue weighted by Gasteiger charge is -2.40. The Hall–Kier alpha value is -0.870. The molecule has 0 aromatic rings. The number of nitrogens with one attached hydrogen (secondary N) is 1. The van der Waals surface area contributed by atoms with Crippen molar-refractivity contribution in [3.05, 3.63) is 12.2 Å². The number of carbonyl (C=O) groups is 1. The minimum Gasteiger partial charge on any atom is -0.302 e. The Morgan fingerprint density at radius 2 is 1.86 bits per heavy atom. The molecule has 0 aliphatic heterocycles.